The maximum atomic E-state index is 12.5. The van der Waals surface area contributed by atoms with E-state index in [-0.39, 0.29) is 0 Å². The van der Waals surface area contributed by atoms with Gasteiger partial charge in [-0.1, -0.05) is 36.4 Å². The lowest BCUT2D eigenvalue weighted by Crippen LogP contribution is -2.12. The molecule has 0 fully saturated rings. The van der Waals surface area contributed by atoms with Crippen molar-refractivity contribution < 1.29 is 4.79 Å². The number of nitrogens with zero attached hydrogens (tertiary/aromatic N) is 4. The number of carbonyl (C=O) groups is 1. The summed E-state index contributed by atoms with van der Waals surface area (Å²) >= 11 is 0. The maximum Gasteiger partial charge on any atom is 0.248 e. The lowest BCUT2D eigenvalue weighted by Gasteiger charge is -2.14. The Labute approximate surface area is 199 Å². The van der Waals surface area contributed by atoms with Crippen molar-refractivity contribution in [1.29, 1.82) is 0 Å². The molecule has 3 aromatic carbocycles. The Morgan fingerprint density at radius 2 is 1.06 bits per heavy atom. The van der Waals surface area contributed by atoms with Gasteiger partial charge in [-0.15, -0.1) is 0 Å². The molecule has 6 heteroatoms. The van der Waals surface area contributed by atoms with Crippen LogP contribution in [-0.4, -0.2) is 25.0 Å². The number of amides is 1. The van der Waals surface area contributed by atoms with Crippen LogP contribution in [0.5, 0.6) is 0 Å². The minimum absolute atomic E-state index is 0.433. The molecule has 0 aliphatic carbocycles. The number of pyridine rings is 2. The van der Waals surface area contributed by atoms with E-state index >= 15 is 0 Å². The van der Waals surface area contributed by atoms with Gasteiger partial charge in [-0.05, 0) is 54.6 Å². The quantitative estimate of drug-likeness (QED) is 0.369. The fourth-order valence-electron chi connectivity index (χ4n) is 5.12. The van der Waals surface area contributed by atoms with Crippen LogP contribution in [-0.2, 0) is 0 Å². The van der Waals surface area contributed by atoms with Gasteiger partial charge in [0.25, 0.3) is 0 Å². The van der Waals surface area contributed by atoms with Gasteiger partial charge in [-0.3, -0.25) is 14.8 Å². The highest BCUT2D eigenvalue weighted by Gasteiger charge is 2.18. The monoisotopic (exact) mass is 453 g/mol. The molecular weight excluding hydrogens is 434 g/mol. The van der Waals surface area contributed by atoms with Gasteiger partial charge in [0.05, 0.1) is 33.1 Å². The van der Waals surface area contributed by atoms with Crippen LogP contribution in [0, 0.1) is 0 Å². The number of hydrogen-bond acceptors (Lipinski definition) is 3. The Bertz CT molecular complexity index is 1710. The van der Waals surface area contributed by atoms with Crippen molar-refractivity contribution in [2.45, 2.75) is 0 Å². The zero-order chi connectivity index (χ0) is 23.5. The average Bonchev–Trinajstić information content (AvgIpc) is 3.42. The van der Waals surface area contributed by atoms with Crippen molar-refractivity contribution in [3.05, 3.63) is 109 Å². The van der Waals surface area contributed by atoms with Crippen molar-refractivity contribution >= 4 is 49.8 Å². The summed E-state index contributed by atoms with van der Waals surface area (Å²) in [4.78, 5) is 21.8. The van der Waals surface area contributed by atoms with E-state index in [9.17, 15) is 4.79 Å². The summed E-state index contributed by atoms with van der Waals surface area (Å²) in [6, 6.07) is 30.0. The van der Waals surface area contributed by atoms with Gasteiger partial charge in [-0.2, -0.15) is 0 Å². The van der Waals surface area contributed by atoms with Crippen LogP contribution in [0.15, 0.2) is 103 Å². The number of nitrogens with two attached hydrogens (primary N) is 1. The van der Waals surface area contributed by atoms with Crippen LogP contribution in [0.2, 0.25) is 0 Å². The van der Waals surface area contributed by atoms with E-state index in [0.717, 1.165) is 55.2 Å². The van der Waals surface area contributed by atoms with Crippen molar-refractivity contribution in [2.75, 3.05) is 0 Å². The van der Waals surface area contributed by atoms with E-state index in [1.54, 1.807) is 12.4 Å². The first-order valence-corrected chi connectivity index (χ1v) is 11.3. The summed E-state index contributed by atoms with van der Waals surface area (Å²) in [6.45, 7) is 0. The summed E-state index contributed by atoms with van der Waals surface area (Å²) < 4.78 is 4.28. The summed E-state index contributed by atoms with van der Waals surface area (Å²) in [5.74, 6) is -0.481. The largest absolute Gasteiger partial charge is 0.366 e. The second-order valence-electron chi connectivity index (χ2n) is 8.55. The highest BCUT2D eigenvalue weighted by molar-refractivity contribution is 6.08. The number of benzene rings is 3. The smallest absolute Gasteiger partial charge is 0.248 e. The van der Waals surface area contributed by atoms with Gasteiger partial charge in [0, 0.05) is 40.1 Å². The molecule has 0 saturated heterocycles. The van der Waals surface area contributed by atoms with Crippen molar-refractivity contribution in [3.8, 4) is 11.4 Å². The summed E-state index contributed by atoms with van der Waals surface area (Å²) in [5.41, 5.74) is 13.7. The predicted octanol–water partition coefficient (Wildman–Crippen LogP) is 5.77. The fourth-order valence-corrected chi connectivity index (χ4v) is 5.12. The normalized spacial score (nSPS) is 11.7. The molecule has 166 valence electrons. The number of rotatable bonds is 3. The molecule has 0 spiro atoms. The maximum absolute atomic E-state index is 12.5. The number of primary amides is 1. The van der Waals surface area contributed by atoms with Gasteiger partial charge in [0.15, 0.2) is 0 Å². The van der Waals surface area contributed by atoms with Gasteiger partial charge in [-0.25, -0.2) is 0 Å². The van der Waals surface area contributed by atoms with Gasteiger partial charge >= 0.3 is 0 Å². The summed E-state index contributed by atoms with van der Waals surface area (Å²) in [6.07, 6.45) is 3.60. The SMILES string of the molecule is NC(=O)c1cc(-n2c3ccccc3c3ncccc32)cc(-n2c3ccccc3c3ncccc32)c1. The lowest BCUT2D eigenvalue weighted by atomic mass is 10.1. The zero-order valence-corrected chi connectivity index (χ0v) is 18.6. The van der Waals surface area contributed by atoms with Crippen LogP contribution in [0.3, 0.4) is 0 Å². The predicted molar refractivity (Wildman–Crippen MR) is 139 cm³/mol. The molecule has 0 radical (unpaired) electrons. The first kappa shape index (κ1) is 19.5. The third-order valence-electron chi connectivity index (χ3n) is 6.56. The van der Waals surface area contributed by atoms with E-state index in [0.29, 0.717) is 5.56 Å². The van der Waals surface area contributed by atoms with E-state index in [2.05, 4.69) is 49.4 Å². The number of fused-ring (bicyclic) bond motifs is 6. The molecule has 0 aliphatic heterocycles. The minimum Gasteiger partial charge on any atom is -0.366 e. The molecule has 4 heterocycles. The molecule has 2 N–H and O–H groups in total. The van der Waals surface area contributed by atoms with Crippen molar-refractivity contribution in [3.63, 3.8) is 0 Å². The summed E-state index contributed by atoms with van der Waals surface area (Å²) in [5, 5.41) is 2.10. The number of para-hydroxylation sites is 2. The Kier molecular flexibility index (Phi) is 4.05. The molecule has 0 unspecified atom stereocenters. The summed E-state index contributed by atoms with van der Waals surface area (Å²) in [7, 11) is 0. The van der Waals surface area contributed by atoms with Gasteiger partial charge < -0.3 is 14.9 Å². The highest BCUT2D eigenvalue weighted by Crippen LogP contribution is 2.34. The van der Waals surface area contributed by atoms with Crippen LogP contribution in [0.1, 0.15) is 10.4 Å². The van der Waals surface area contributed by atoms with Crippen LogP contribution in [0.25, 0.3) is 55.2 Å². The molecule has 6 nitrogen and oxygen atoms in total. The first-order chi connectivity index (χ1) is 17.2. The van der Waals surface area contributed by atoms with Crippen LogP contribution >= 0.6 is 0 Å². The second-order valence-corrected chi connectivity index (χ2v) is 8.55. The molecule has 1 amide bonds. The fraction of sp³-hybridized carbons (Fsp3) is 0. The first-order valence-electron chi connectivity index (χ1n) is 11.3. The van der Waals surface area contributed by atoms with Crippen LogP contribution < -0.4 is 5.73 Å². The molecule has 0 atom stereocenters. The number of hydrogen-bond donors (Lipinski definition) is 1. The van der Waals surface area contributed by atoms with Crippen LogP contribution in [0.4, 0.5) is 0 Å². The average molecular weight is 454 g/mol. The minimum atomic E-state index is -0.481. The molecule has 4 aromatic heterocycles. The van der Waals surface area contributed by atoms with E-state index in [4.69, 9.17) is 5.73 Å². The molecule has 35 heavy (non-hydrogen) atoms. The van der Waals surface area contributed by atoms with Crippen molar-refractivity contribution in [2.24, 2.45) is 5.73 Å². The molecule has 0 saturated carbocycles. The Morgan fingerprint density at radius 1 is 0.600 bits per heavy atom. The Balaban J connectivity index is 1.61. The third kappa shape index (κ3) is 2.80. The Morgan fingerprint density at radius 3 is 1.54 bits per heavy atom. The zero-order valence-electron chi connectivity index (χ0n) is 18.6. The number of aromatic nitrogens is 4. The van der Waals surface area contributed by atoms with E-state index in [1.165, 1.54) is 0 Å². The highest BCUT2D eigenvalue weighted by atomic mass is 16.1. The van der Waals surface area contributed by atoms with Gasteiger partial charge in [0.1, 0.15) is 0 Å². The molecule has 7 aromatic rings. The molecular formula is C29H19N5O. The molecule has 0 aliphatic rings. The standard InChI is InChI=1S/C29H19N5O/c30-29(35)18-15-19(33-23-9-3-1-7-21(23)27-25(33)11-5-13-31-27)17-20(16-18)34-24-10-4-2-8-22(24)28-26(34)12-6-14-32-28/h1-17H,(H2,30,35). The van der Waals surface area contributed by atoms with E-state index in [1.807, 2.05) is 60.7 Å². The second kappa shape index (κ2) is 7.27. The third-order valence-corrected chi connectivity index (χ3v) is 6.56. The van der Waals surface area contributed by atoms with Gasteiger partial charge in [0.2, 0.25) is 5.91 Å². The lowest BCUT2D eigenvalue weighted by molar-refractivity contribution is 0.1000. The Hall–Kier alpha value is -4.97. The molecule has 7 rings (SSSR count). The van der Waals surface area contributed by atoms with Crippen molar-refractivity contribution in [1.82, 2.24) is 19.1 Å². The van der Waals surface area contributed by atoms with E-state index < -0.39 is 5.91 Å². The number of carbonyl (C=O) groups excluding carboxylic acids is 1. The topological polar surface area (TPSA) is 78.7 Å². The molecule has 0 bridgehead atoms.